The topological polar surface area (TPSA) is 52.6 Å². The average molecular weight is 350 g/mol. The minimum Gasteiger partial charge on any atom is -0.458 e. The molecule has 2 bridgehead atoms. The van der Waals surface area contributed by atoms with E-state index in [4.69, 9.17) is 9.47 Å². The molecule has 3 aliphatic rings. The Morgan fingerprint density at radius 1 is 0.680 bits per heavy atom. The van der Waals surface area contributed by atoms with Crippen molar-refractivity contribution in [3.63, 3.8) is 0 Å². The van der Waals surface area contributed by atoms with Crippen LogP contribution in [0.15, 0.2) is 0 Å². The van der Waals surface area contributed by atoms with Gasteiger partial charge in [0.15, 0.2) is 0 Å². The second-order valence-corrected chi connectivity index (χ2v) is 10.5. The van der Waals surface area contributed by atoms with E-state index in [1.807, 2.05) is 41.5 Å². The number of rotatable bonds is 2. The number of fused-ring (bicyclic) bond motifs is 5. The maximum Gasteiger partial charge on any atom is 0.311 e. The summed E-state index contributed by atoms with van der Waals surface area (Å²) in [5.74, 6) is 2.45. The molecule has 4 heteroatoms. The highest BCUT2D eigenvalue weighted by Crippen LogP contribution is 2.58. The highest BCUT2D eigenvalue weighted by molar-refractivity contribution is 5.76. The molecule has 4 nitrogen and oxygen atoms in total. The fourth-order valence-electron chi connectivity index (χ4n) is 4.98. The predicted molar refractivity (Wildman–Crippen MR) is 95.7 cm³/mol. The number of ether oxygens (including phenoxy) is 2. The van der Waals surface area contributed by atoms with Gasteiger partial charge in [-0.1, -0.05) is 0 Å². The smallest absolute Gasteiger partial charge is 0.311 e. The third-order valence-electron chi connectivity index (χ3n) is 6.44. The predicted octanol–water partition coefficient (Wildman–Crippen LogP) is 4.36. The Hall–Kier alpha value is -1.06. The van der Waals surface area contributed by atoms with Crippen molar-refractivity contribution in [2.45, 2.75) is 85.9 Å². The van der Waals surface area contributed by atoms with Crippen molar-refractivity contribution in [2.24, 2.45) is 34.5 Å². The fraction of sp³-hybridized carbons (Fsp3) is 0.905. The number of esters is 2. The van der Waals surface area contributed by atoms with Crippen molar-refractivity contribution < 1.29 is 19.1 Å². The maximum absolute atomic E-state index is 12.5. The van der Waals surface area contributed by atoms with E-state index in [2.05, 4.69) is 0 Å². The molecule has 0 heterocycles. The molecule has 0 saturated heterocycles. The van der Waals surface area contributed by atoms with Crippen molar-refractivity contribution >= 4 is 11.9 Å². The number of carbonyl (C=O) groups excluding carboxylic acids is 2. The van der Waals surface area contributed by atoms with Gasteiger partial charge in [0.25, 0.3) is 0 Å². The van der Waals surface area contributed by atoms with Crippen LogP contribution in [0.25, 0.3) is 0 Å². The molecule has 0 aromatic carbocycles. The van der Waals surface area contributed by atoms with Gasteiger partial charge in [-0.3, -0.25) is 9.59 Å². The first-order valence-electron chi connectivity index (χ1n) is 9.89. The summed E-state index contributed by atoms with van der Waals surface area (Å²) in [4.78, 5) is 24.9. The van der Waals surface area contributed by atoms with Crippen LogP contribution in [0.3, 0.4) is 0 Å². The van der Waals surface area contributed by atoms with E-state index in [1.165, 1.54) is 19.3 Å². The molecule has 3 fully saturated rings. The first-order chi connectivity index (χ1) is 11.5. The van der Waals surface area contributed by atoms with E-state index in [0.29, 0.717) is 11.8 Å². The van der Waals surface area contributed by atoms with E-state index in [0.717, 1.165) is 24.7 Å². The average Bonchev–Trinajstić information content (AvgIpc) is 3.07. The first-order valence-corrected chi connectivity index (χ1v) is 9.89. The molecule has 0 amide bonds. The molecule has 0 aromatic heterocycles. The highest BCUT2D eigenvalue weighted by atomic mass is 16.6. The van der Waals surface area contributed by atoms with Gasteiger partial charge in [0.1, 0.15) is 12.2 Å². The van der Waals surface area contributed by atoms with Crippen LogP contribution in [-0.4, -0.2) is 24.1 Å². The molecule has 0 N–H and O–H groups in total. The molecule has 0 spiro atoms. The van der Waals surface area contributed by atoms with Crippen LogP contribution in [0.4, 0.5) is 0 Å². The monoisotopic (exact) mass is 350 g/mol. The Kier molecular flexibility index (Phi) is 4.70. The third-order valence-corrected chi connectivity index (χ3v) is 6.44. The minimum atomic E-state index is -0.538. The summed E-state index contributed by atoms with van der Waals surface area (Å²) in [6.45, 7) is 11.2. The van der Waals surface area contributed by atoms with Crippen molar-refractivity contribution in [3.05, 3.63) is 0 Å². The van der Waals surface area contributed by atoms with Crippen molar-refractivity contribution in [1.29, 1.82) is 0 Å². The van der Waals surface area contributed by atoms with Crippen molar-refractivity contribution in [1.82, 2.24) is 0 Å². The summed E-state index contributed by atoms with van der Waals surface area (Å²) >= 11 is 0. The van der Waals surface area contributed by atoms with Gasteiger partial charge in [0.05, 0.1) is 10.8 Å². The third kappa shape index (κ3) is 3.73. The Balaban J connectivity index is 1.76. The number of hydrogen-bond donors (Lipinski definition) is 0. The molecule has 25 heavy (non-hydrogen) atoms. The van der Waals surface area contributed by atoms with Gasteiger partial charge in [0, 0.05) is 0 Å². The summed E-state index contributed by atoms with van der Waals surface area (Å²) in [7, 11) is 0. The van der Waals surface area contributed by atoms with Crippen LogP contribution in [-0.2, 0) is 19.1 Å². The molecule has 3 saturated carbocycles. The fourth-order valence-corrected chi connectivity index (χ4v) is 4.98. The van der Waals surface area contributed by atoms with Crippen LogP contribution in [0.5, 0.6) is 0 Å². The molecule has 6 atom stereocenters. The number of carbonyl (C=O) groups is 2. The molecule has 0 radical (unpaired) electrons. The normalized spacial score (nSPS) is 37.5. The van der Waals surface area contributed by atoms with E-state index in [9.17, 15) is 9.59 Å². The Bertz CT molecular complexity index is 491. The highest BCUT2D eigenvalue weighted by Gasteiger charge is 2.54. The van der Waals surface area contributed by atoms with Crippen molar-refractivity contribution in [2.75, 3.05) is 0 Å². The molecule has 3 aliphatic carbocycles. The Labute approximate surface area is 152 Å². The quantitative estimate of drug-likeness (QED) is 0.695. The lowest BCUT2D eigenvalue weighted by molar-refractivity contribution is -0.187. The first kappa shape index (κ1) is 18.7. The summed E-state index contributed by atoms with van der Waals surface area (Å²) in [5.41, 5.74) is -1.08. The molecule has 6 unspecified atom stereocenters. The summed E-state index contributed by atoms with van der Waals surface area (Å²) < 4.78 is 11.8. The zero-order chi connectivity index (χ0) is 18.6. The SMILES string of the molecule is CC(C)(C)C(=O)OC1CC2C3CCC(C3)C2CC1OC(=O)C(C)(C)C. The van der Waals surface area contributed by atoms with Gasteiger partial charge < -0.3 is 9.47 Å². The zero-order valence-electron chi connectivity index (χ0n) is 16.6. The molecular weight excluding hydrogens is 316 g/mol. The van der Waals surface area contributed by atoms with E-state index in [1.54, 1.807) is 0 Å². The van der Waals surface area contributed by atoms with Gasteiger partial charge >= 0.3 is 11.9 Å². The minimum absolute atomic E-state index is 0.198. The van der Waals surface area contributed by atoms with E-state index in [-0.39, 0.29) is 24.1 Å². The largest absolute Gasteiger partial charge is 0.458 e. The maximum atomic E-state index is 12.5. The standard InChI is InChI=1S/C21H34O4/c1-20(2,3)18(22)24-16-10-14-12-7-8-13(9-12)15(14)11-17(16)25-19(23)21(4,5)6/h12-17H,7-11H2,1-6H3. The second-order valence-electron chi connectivity index (χ2n) is 10.5. The van der Waals surface area contributed by atoms with Crippen LogP contribution in [0.1, 0.15) is 73.6 Å². The lowest BCUT2D eigenvalue weighted by Crippen LogP contribution is -2.47. The molecular formula is C21H34O4. The summed E-state index contributed by atoms with van der Waals surface area (Å²) in [6, 6.07) is 0. The number of hydrogen-bond acceptors (Lipinski definition) is 4. The van der Waals surface area contributed by atoms with E-state index >= 15 is 0 Å². The van der Waals surface area contributed by atoms with Gasteiger partial charge in [-0.25, -0.2) is 0 Å². The zero-order valence-corrected chi connectivity index (χ0v) is 16.6. The molecule has 0 aromatic rings. The van der Waals surface area contributed by atoms with Crippen LogP contribution < -0.4 is 0 Å². The lowest BCUT2D eigenvalue weighted by Gasteiger charge is -2.43. The molecule has 142 valence electrons. The van der Waals surface area contributed by atoms with Gasteiger partial charge in [-0.05, 0) is 97.3 Å². The second kappa shape index (κ2) is 6.28. The Morgan fingerprint density at radius 2 is 1.04 bits per heavy atom. The van der Waals surface area contributed by atoms with Gasteiger partial charge in [0.2, 0.25) is 0 Å². The van der Waals surface area contributed by atoms with Gasteiger partial charge in [-0.15, -0.1) is 0 Å². The lowest BCUT2D eigenvalue weighted by atomic mass is 9.69. The van der Waals surface area contributed by atoms with Crippen LogP contribution in [0, 0.1) is 34.5 Å². The van der Waals surface area contributed by atoms with Gasteiger partial charge in [-0.2, -0.15) is 0 Å². The summed E-state index contributed by atoms with van der Waals surface area (Å²) in [6.07, 6.45) is 5.08. The summed E-state index contributed by atoms with van der Waals surface area (Å²) in [5, 5.41) is 0. The Morgan fingerprint density at radius 3 is 1.36 bits per heavy atom. The van der Waals surface area contributed by atoms with E-state index < -0.39 is 10.8 Å². The van der Waals surface area contributed by atoms with Crippen LogP contribution in [0.2, 0.25) is 0 Å². The van der Waals surface area contributed by atoms with Crippen molar-refractivity contribution in [3.8, 4) is 0 Å². The molecule has 0 aliphatic heterocycles. The molecule has 3 rings (SSSR count). The van der Waals surface area contributed by atoms with Crippen LogP contribution >= 0.6 is 0 Å².